The molecule has 2 heterocycles. The highest BCUT2D eigenvalue weighted by Crippen LogP contribution is 2.38. The van der Waals surface area contributed by atoms with Crippen molar-refractivity contribution in [3.8, 4) is 17.2 Å². The number of benzene rings is 2. The molecule has 11 heteroatoms. The van der Waals surface area contributed by atoms with Gasteiger partial charge in [-0.05, 0) is 57.3 Å². The fraction of sp³-hybridized carbons (Fsp3) is 0.533. The smallest absolute Gasteiger partial charge is 0.338 e. The molecule has 0 amide bonds. The predicted molar refractivity (Wildman–Crippen MR) is 158 cm³/mol. The van der Waals surface area contributed by atoms with Gasteiger partial charge >= 0.3 is 5.97 Å². The van der Waals surface area contributed by atoms with Crippen molar-refractivity contribution in [1.29, 1.82) is 0 Å². The number of cyclic esters (lactones) is 1. The van der Waals surface area contributed by atoms with E-state index in [-0.39, 0.29) is 6.04 Å². The summed E-state index contributed by atoms with van der Waals surface area (Å²) in [4.78, 5) is 17.8. The summed E-state index contributed by atoms with van der Waals surface area (Å²) < 4.78 is 22.7. The van der Waals surface area contributed by atoms with E-state index in [0.717, 1.165) is 70.5 Å². The maximum Gasteiger partial charge on any atom is 0.338 e. The van der Waals surface area contributed by atoms with E-state index in [0.29, 0.717) is 48.3 Å². The summed E-state index contributed by atoms with van der Waals surface area (Å²) in [6, 6.07) is 12.9. The SMILES string of the molecule is COc1cc2cc(c1OC)OCCCC(N(N)/N=C(\N)c1ccccc1)CCN1CCCN(CCCOC2=O)CC1. The highest BCUT2D eigenvalue weighted by atomic mass is 16.5. The van der Waals surface area contributed by atoms with Gasteiger partial charge in [-0.25, -0.2) is 15.8 Å². The minimum absolute atomic E-state index is 0.0416. The number of amidine groups is 1. The van der Waals surface area contributed by atoms with Crippen molar-refractivity contribution >= 4 is 11.8 Å². The molecule has 4 bridgehead atoms. The van der Waals surface area contributed by atoms with Gasteiger partial charge in [0.15, 0.2) is 17.3 Å². The maximum atomic E-state index is 12.9. The lowest BCUT2D eigenvalue weighted by molar-refractivity contribution is 0.0487. The molecule has 11 nitrogen and oxygen atoms in total. The molecule has 1 fully saturated rings. The van der Waals surface area contributed by atoms with Crippen molar-refractivity contribution in [2.45, 2.75) is 38.1 Å². The van der Waals surface area contributed by atoms with E-state index < -0.39 is 5.97 Å². The van der Waals surface area contributed by atoms with Crippen LogP contribution < -0.4 is 25.8 Å². The number of fused-ring (bicyclic) bond motifs is 5. The van der Waals surface area contributed by atoms with Gasteiger partial charge in [0.25, 0.3) is 0 Å². The first-order chi connectivity index (χ1) is 20.0. The summed E-state index contributed by atoms with van der Waals surface area (Å²) in [5, 5.41) is 6.05. The van der Waals surface area contributed by atoms with Crippen LogP contribution in [0.25, 0.3) is 0 Å². The average Bonchev–Trinajstić information content (AvgIpc) is 3.23. The number of methoxy groups -OCH3 is 2. The second kappa shape index (κ2) is 15.5. The van der Waals surface area contributed by atoms with Gasteiger partial charge in [-0.2, -0.15) is 0 Å². The number of ether oxygens (including phenoxy) is 4. The third-order valence-electron chi connectivity index (χ3n) is 7.60. The first-order valence-corrected chi connectivity index (χ1v) is 14.4. The Morgan fingerprint density at radius 3 is 2.34 bits per heavy atom. The van der Waals surface area contributed by atoms with E-state index in [1.807, 2.05) is 30.3 Å². The zero-order chi connectivity index (χ0) is 29.0. The van der Waals surface area contributed by atoms with Crippen LogP contribution in [0.4, 0.5) is 0 Å². The van der Waals surface area contributed by atoms with E-state index in [9.17, 15) is 4.79 Å². The fourth-order valence-electron chi connectivity index (χ4n) is 5.28. The Kier molecular flexibility index (Phi) is 11.5. The van der Waals surface area contributed by atoms with Crippen LogP contribution >= 0.6 is 0 Å². The normalized spacial score (nSPS) is 23.1. The lowest BCUT2D eigenvalue weighted by Gasteiger charge is -2.28. The molecule has 2 aliphatic heterocycles. The molecule has 0 saturated carbocycles. The Balaban J connectivity index is 1.53. The molecule has 2 aliphatic rings. The molecule has 2 aromatic carbocycles. The lowest BCUT2D eigenvalue weighted by atomic mass is 10.1. The molecule has 1 saturated heterocycles. The number of carbonyl (C=O) groups excluding carboxylic acids is 1. The molecule has 0 spiro atoms. The third-order valence-corrected chi connectivity index (χ3v) is 7.60. The van der Waals surface area contributed by atoms with Gasteiger partial charge in [0, 0.05) is 31.7 Å². The number of rotatable bonds is 5. The minimum atomic E-state index is -0.413. The van der Waals surface area contributed by atoms with Gasteiger partial charge in [-0.1, -0.05) is 30.3 Å². The highest BCUT2D eigenvalue weighted by Gasteiger charge is 2.22. The van der Waals surface area contributed by atoms with Crippen LogP contribution in [0.5, 0.6) is 17.2 Å². The standard InChI is InChI=1S/C30H44N6O5/c1-38-26-21-24-22-27(28(26)39-2)40-19-6-11-25(36(32)33-29(31)23-9-4-3-5-10-23)12-16-35-14-7-13-34(17-18-35)15-8-20-41-30(24)37/h3-5,9-10,21-22,25H,6-8,11-20,32H2,1-2H3,(H2,31,33). The molecule has 0 aromatic heterocycles. The summed E-state index contributed by atoms with van der Waals surface area (Å²) in [6.07, 6.45) is 4.15. The third kappa shape index (κ3) is 8.72. The number of hydrazone groups is 1. The monoisotopic (exact) mass is 568 g/mol. The van der Waals surface area contributed by atoms with Crippen LogP contribution in [0, 0.1) is 0 Å². The number of esters is 1. The van der Waals surface area contributed by atoms with E-state index in [2.05, 4.69) is 14.9 Å². The Bertz CT molecular complexity index is 1150. The van der Waals surface area contributed by atoms with Crippen molar-refractivity contribution in [1.82, 2.24) is 14.9 Å². The lowest BCUT2D eigenvalue weighted by Crippen LogP contribution is -2.41. The molecule has 3 unspecified atom stereocenters. The molecule has 4 rings (SSSR count). The molecule has 3 atom stereocenters. The van der Waals surface area contributed by atoms with Crippen molar-refractivity contribution in [2.75, 3.05) is 66.7 Å². The van der Waals surface area contributed by atoms with Gasteiger partial charge < -0.3 is 34.5 Å². The summed E-state index contributed by atoms with van der Waals surface area (Å²) in [7, 11) is 3.07. The van der Waals surface area contributed by atoms with Crippen LogP contribution in [0.1, 0.15) is 48.0 Å². The Labute approximate surface area is 242 Å². The van der Waals surface area contributed by atoms with Crippen molar-refractivity contribution in [3.05, 3.63) is 53.6 Å². The number of hydrogen-bond donors (Lipinski definition) is 2. The van der Waals surface area contributed by atoms with Crippen LogP contribution in [-0.2, 0) is 4.74 Å². The molecule has 4 N–H and O–H groups in total. The largest absolute Gasteiger partial charge is 0.493 e. The fourth-order valence-corrected chi connectivity index (χ4v) is 5.28. The Morgan fingerprint density at radius 2 is 1.61 bits per heavy atom. The van der Waals surface area contributed by atoms with E-state index in [1.165, 1.54) is 12.2 Å². The van der Waals surface area contributed by atoms with E-state index in [4.69, 9.17) is 30.5 Å². The first-order valence-electron chi connectivity index (χ1n) is 14.4. The Morgan fingerprint density at radius 1 is 0.902 bits per heavy atom. The zero-order valence-electron chi connectivity index (χ0n) is 24.3. The molecule has 224 valence electrons. The number of nitrogens with zero attached hydrogens (tertiary/aromatic N) is 4. The molecule has 0 aliphatic carbocycles. The van der Waals surface area contributed by atoms with E-state index in [1.54, 1.807) is 19.2 Å². The first kappa shape index (κ1) is 30.4. The second-order valence-electron chi connectivity index (χ2n) is 10.4. The average molecular weight is 569 g/mol. The predicted octanol–water partition coefficient (Wildman–Crippen LogP) is 2.69. The summed E-state index contributed by atoms with van der Waals surface area (Å²) in [6.45, 7) is 6.58. The number of hydrazine groups is 1. The number of nitrogens with two attached hydrogens (primary N) is 2. The van der Waals surface area contributed by atoms with Gasteiger partial charge in [-0.3, -0.25) is 0 Å². The quantitative estimate of drug-likeness (QED) is 0.183. The van der Waals surface area contributed by atoms with Gasteiger partial charge in [0.1, 0.15) is 0 Å². The van der Waals surface area contributed by atoms with Crippen LogP contribution in [0.3, 0.4) is 0 Å². The molecular weight excluding hydrogens is 524 g/mol. The van der Waals surface area contributed by atoms with Crippen LogP contribution in [-0.4, -0.2) is 99.5 Å². The minimum Gasteiger partial charge on any atom is -0.493 e. The second-order valence-corrected chi connectivity index (χ2v) is 10.4. The summed E-state index contributed by atoms with van der Waals surface area (Å²) in [5.74, 6) is 7.75. The van der Waals surface area contributed by atoms with E-state index >= 15 is 0 Å². The van der Waals surface area contributed by atoms with Crippen molar-refractivity contribution in [3.63, 3.8) is 0 Å². The van der Waals surface area contributed by atoms with Gasteiger partial charge in [-0.15, -0.1) is 5.10 Å². The molecule has 0 radical (unpaired) electrons. The highest BCUT2D eigenvalue weighted by molar-refractivity contribution is 5.97. The molecular formula is C30H44N6O5. The summed E-state index contributed by atoms with van der Waals surface area (Å²) >= 11 is 0. The number of hydrogen-bond acceptors (Lipinski definition) is 10. The van der Waals surface area contributed by atoms with Gasteiger partial charge in [0.2, 0.25) is 5.75 Å². The maximum absolute atomic E-state index is 12.9. The van der Waals surface area contributed by atoms with Crippen LogP contribution in [0.15, 0.2) is 47.6 Å². The van der Waals surface area contributed by atoms with Crippen molar-refractivity contribution in [2.24, 2.45) is 16.7 Å². The molecule has 2 aromatic rings. The molecule has 41 heavy (non-hydrogen) atoms. The van der Waals surface area contributed by atoms with Crippen molar-refractivity contribution < 1.29 is 23.7 Å². The number of carbonyl (C=O) groups is 1. The van der Waals surface area contributed by atoms with Gasteiger partial charge in [0.05, 0.1) is 39.0 Å². The van der Waals surface area contributed by atoms with Crippen LogP contribution in [0.2, 0.25) is 0 Å². The Hall–Kier alpha value is -3.54. The topological polar surface area (TPSA) is 128 Å². The summed E-state index contributed by atoms with van der Waals surface area (Å²) in [5.41, 5.74) is 7.48. The zero-order valence-corrected chi connectivity index (χ0v) is 24.3.